The van der Waals surface area contributed by atoms with Crippen LogP contribution in [0.25, 0.3) is 0 Å². The molecular formula is C16H21N5O. The van der Waals surface area contributed by atoms with Gasteiger partial charge in [0.2, 0.25) is 5.95 Å². The number of morpholine rings is 1. The van der Waals surface area contributed by atoms with E-state index in [2.05, 4.69) is 37.3 Å². The van der Waals surface area contributed by atoms with E-state index in [-0.39, 0.29) is 6.04 Å². The zero-order valence-electron chi connectivity index (χ0n) is 12.8. The molecule has 1 fully saturated rings. The Kier molecular flexibility index (Phi) is 4.92. The number of anilines is 1. The predicted octanol–water partition coefficient (Wildman–Crippen LogP) is 1.67. The van der Waals surface area contributed by atoms with E-state index in [1.54, 1.807) is 6.20 Å². The number of nitrogens with zero attached hydrogens (tertiary/aromatic N) is 4. The average Bonchev–Trinajstić information content (AvgIpc) is 2.57. The average molecular weight is 299 g/mol. The lowest BCUT2D eigenvalue weighted by Gasteiger charge is -2.34. The maximum Gasteiger partial charge on any atom is 0.222 e. The molecule has 1 aliphatic rings. The Morgan fingerprint density at radius 1 is 1.18 bits per heavy atom. The van der Waals surface area contributed by atoms with E-state index in [0.717, 1.165) is 38.5 Å². The summed E-state index contributed by atoms with van der Waals surface area (Å²) in [6, 6.07) is 6.29. The van der Waals surface area contributed by atoms with Crippen LogP contribution in [-0.4, -0.2) is 52.7 Å². The van der Waals surface area contributed by atoms with Gasteiger partial charge in [-0.1, -0.05) is 0 Å². The molecule has 0 spiro atoms. The molecule has 6 nitrogen and oxygen atoms in total. The molecule has 6 heteroatoms. The summed E-state index contributed by atoms with van der Waals surface area (Å²) in [6.45, 7) is 6.15. The molecule has 3 heterocycles. The molecular weight excluding hydrogens is 278 g/mol. The molecule has 0 bridgehead atoms. The summed E-state index contributed by atoms with van der Waals surface area (Å²) in [6.07, 6.45) is 5.46. The van der Waals surface area contributed by atoms with Gasteiger partial charge < -0.3 is 10.1 Å². The first-order valence-electron chi connectivity index (χ1n) is 7.58. The van der Waals surface area contributed by atoms with Gasteiger partial charge in [-0.2, -0.15) is 0 Å². The Hall–Kier alpha value is -2.05. The third kappa shape index (κ3) is 3.78. The van der Waals surface area contributed by atoms with Gasteiger partial charge in [0.1, 0.15) is 0 Å². The van der Waals surface area contributed by atoms with Crippen LogP contribution in [0.2, 0.25) is 0 Å². The van der Waals surface area contributed by atoms with E-state index in [0.29, 0.717) is 5.95 Å². The van der Waals surface area contributed by atoms with Crippen LogP contribution in [0.1, 0.15) is 17.3 Å². The summed E-state index contributed by atoms with van der Waals surface area (Å²) >= 11 is 0. The molecule has 0 amide bonds. The van der Waals surface area contributed by atoms with Gasteiger partial charge in [-0.05, 0) is 30.7 Å². The molecule has 2 aromatic heterocycles. The highest BCUT2D eigenvalue weighted by Gasteiger charge is 2.22. The molecule has 1 saturated heterocycles. The molecule has 1 N–H and O–H groups in total. The Labute approximate surface area is 130 Å². The molecule has 2 aromatic rings. The summed E-state index contributed by atoms with van der Waals surface area (Å²) in [7, 11) is 0. The molecule has 0 aliphatic carbocycles. The molecule has 0 saturated carbocycles. The highest BCUT2D eigenvalue weighted by Crippen LogP contribution is 2.21. The predicted molar refractivity (Wildman–Crippen MR) is 84.6 cm³/mol. The van der Waals surface area contributed by atoms with E-state index < -0.39 is 0 Å². The first-order valence-corrected chi connectivity index (χ1v) is 7.58. The fourth-order valence-electron chi connectivity index (χ4n) is 2.65. The first kappa shape index (κ1) is 14.9. The minimum atomic E-state index is 0.260. The Morgan fingerprint density at radius 2 is 1.95 bits per heavy atom. The fourth-order valence-corrected chi connectivity index (χ4v) is 2.65. The maximum atomic E-state index is 5.47. The van der Waals surface area contributed by atoms with Crippen LogP contribution in [-0.2, 0) is 4.74 Å². The van der Waals surface area contributed by atoms with Crippen molar-refractivity contribution < 1.29 is 4.74 Å². The van der Waals surface area contributed by atoms with Crippen LogP contribution in [0.5, 0.6) is 0 Å². The third-order valence-corrected chi connectivity index (χ3v) is 3.83. The Balaban J connectivity index is 1.73. The number of hydrogen-bond acceptors (Lipinski definition) is 6. The number of hydrogen-bond donors (Lipinski definition) is 1. The van der Waals surface area contributed by atoms with Gasteiger partial charge >= 0.3 is 0 Å². The second kappa shape index (κ2) is 7.29. The molecule has 116 valence electrons. The van der Waals surface area contributed by atoms with Crippen LogP contribution in [0.15, 0.2) is 36.8 Å². The van der Waals surface area contributed by atoms with Gasteiger partial charge in [0, 0.05) is 43.9 Å². The van der Waals surface area contributed by atoms with Gasteiger partial charge in [0.05, 0.1) is 19.3 Å². The van der Waals surface area contributed by atoms with Crippen molar-refractivity contribution in [3.63, 3.8) is 0 Å². The molecule has 1 atom stereocenters. The third-order valence-electron chi connectivity index (χ3n) is 3.83. The van der Waals surface area contributed by atoms with Crippen LogP contribution in [0, 0.1) is 6.92 Å². The van der Waals surface area contributed by atoms with Gasteiger partial charge in [-0.25, -0.2) is 9.97 Å². The second-order valence-corrected chi connectivity index (χ2v) is 5.35. The monoisotopic (exact) mass is 299 g/mol. The van der Waals surface area contributed by atoms with Crippen molar-refractivity contribution in [3.8, 4) is 0 Å². The minimum absolute atomic E-state index is 0.260. The van der Waals surface area contributed by atoms with Crippen molar-refractivity contribution >= 4 is 5.95 Å². The van der Waals surface area contributed by atoms with Crippen molar-refractivity contribution in [2.45, 2.75) is 13.0 Å². The SMILES string of the molecule is Cc1ccnc(NCC(c2ccncc2)N2CCOCC2)n1. The van der Waals surface area contributed by atoms with E-state index in [1.165, 1.54) is 5.56 Å². The number of nitrogens with one attached hydrogen (secondary N) is 1. The molecule has 3 rings (SSSR count). The number of rotatable bonds is 5. The fraction of sp³-hybridized carbons (Fsp3) is 0.438. The van der Waals surface area contributed by atoms with Gasteiger partial charge in [0.15, 0.2) is 0 Å². The largest absolute Gasteiger partial charge is 0.379 e. The number of pyridine rings is 1. The van der Waals surface area contributed by atoms with Crippen molar-refractivity contribution in [3.05, 3.63) is 48.0 Å². The van der Waals surface area contributed by atoms with Crippen molar-refractivity contribution in [2.75, 3.05) is 38.2 Å². The van der Waals surface area contributed by atoms with Crippen LogP contribution >= 0.6 is 0 Å². The van der Waals surface area contributed by atoms with Crippen molar-refractivity contribution in [2.24, 2.45) is 0 Å². The van der Waals surface area contributed by atoms with Crippen LogP contribution < -0.4 is 5.32 Å². The minimum Gasteiger partial charge on any atom is -0.379 e. The normalized spacial score (nSPS) is 17.1. The van der Waals surface area contributed by atoms with Crippen LogP contribution in [0.4, 0.5) is 5.95 Å². The summed E-state index contributed by atoms with van der Waals surface area (Å²) in [5.74, 6) is 0.673. The second-order valence-electron chi connectivity index (χ2n) is 5.35. The van der Waals surface area contributed by atoms with E-state index in [1.807, 2.05) is 25.4 Å². The topological polar surface area (TPSA) is 63.2 Å². The Bertz CT molecular complexity index is 586. The maximum absolute atomic E-state index is 5.47. The standard InChI is InChI=1S/C16H21N5O/c1-13-2-7-18-16(20-13)19-12-15(14-3-5-17-6-4-14)21-8-10-22-11-9-21/h2-7,15H,8-12H2,1H3,(H,18,19,20). The molecule has 1 aliphatic heterocycles. The zero-order valence-corrected chi connectivity index (χ0v) is 12.8. The highest BCUT2D eigenvalue weighted by atomic mass is 16.5. The lowest BCUT2D eigenvalue weighted by molar-refractivity contribution is 0.0186. The smallest absolute Gasteiger partial charge is 0.222 e. The molecule has 0 aromatic carbocycles. The van der Waals surface area contributed by atoms with Crippen molar-refractivity contribution in [1.29, 1.82) is 0 Å². The number of aromatic nitrogens is 3. The Morgan fingerprint density at radius 3 is 2.68 bits per heavy atom. The van der Waals surface area contributed by atoms with Gasteiger partial charge in [-0.3, -0.25) is 9.88 Å². The van der Waals surface area contributed by atoms with Gasteiger partial charge in [0.25, 0.3) is 0 Å². The zero-order chi connectivity index (χ0) is 15.2. The summed E-state index contributed by atoms with van der Waals surface area (Å²) in [5, 5.41) is 3.36. The lowest BCUT2D eigenvalue weighted by Crippen LogP contribution is -2.41. The summed E-state index contributed by atoms with van der Waals surface area (Å²) < 4.78 is 5.47. The number of aryl methyl sites for hydroxylation is 1. The number of ether oxygens (including phenoxy) is 1. The summed E-state index contributed by atoms with van der Waals surface area (Å²) in [5.41, 5.74) is 2.21. The quantitative estimate of drug-likeness (QED) is 0.906. The highest BCUT2D eigenvalue weighted by molar-refractivity contribution is 5.27. The van der Waals surface area contributed by atoms with E-state index in [4.69, 9.17) is 4.74 Å². The van der Waals surface area contributed by atoms with Crippen LogP contribution in [0.3, 0.4) is 0 Å². The molecule has 22 heavy (non-hydrogen) atoms. The lowest BCUT2D eigenvalue weighted by atomic mass is 10.1. The van der Waals surface area contributed by atoms with Gasteiger partial charge in [-0.15, -0.1) is 0 Å². The van der Waals surface area contributed by atoms with E-state index in [9.17, 15) is 0 Å². The molecule has 1 unspecified atom stereocenters. The first-order chi connectivity index (χ1) is 10.8. The molecule has 0 radical (unpaired) electrons. The van der Waals surface area contributed by atoms with Crippen molar-refractivity contribution in [1.82, 2.24) is 19.9 Å². The summed E-state index contributed by atoms with van der Waals surface area (Å²) in [4.78, 5) is 15.2. The van der Waals surface area contributed by atoms with E-state index >= 15 is 0 Å².